The van der Waals surface area contributed by atoms with E-state index in [2.05, 4.69) is 10.6 Å². The molecular formula is C17H24N2O3. The molecule has 0 aliphatic rings. The zero-order valence-electron chi connectivity index (χ0n) is 13.3. The highest BCUT2D eigenvalue weighted by molar-refractivity contribution is 5.82. The van der Waals surface area contributed by atoms with Crippen molar-refractivity contribution in [3.05, 3.63) is 35.6 Å². The predicted octanol–water partition coefficient (Wildman–Crippen LogP) is 3.26. The SMILES string of the molecule is CCC(CCO)NC(=O)NC(C)c1oc2ccccc2c1C. The number of aryl methyl sites for hydroxylation is 1. The smallest absolute Gasteiger partial charge is 0.315 e. The van der Waals surface area contributed by atoms with Crippen LogP contribution < -0.4 is 10.6 Å². The topological polar surface area (TPSA) is 74.5 Å². The van der Waals surface area contributed by atoms with Crippen LogP contribution in [0.1, 0.15) is 44.1 Å². The van der Waals surface area contributed by atoms with Gasteiger partial charge in [0.2, 0.25) is 0 Å². The molecule has 0 aliphatic heterocycles. The fourth-order valence-electron chi connectivity index (χ4n) is 2.63. The van der Waals surface area contributed by atoms with Crippen LogP contribution in [-0.2, 0) is 0 Å². The van der Waals surface area contributed by atoms with E-state index in [9.17, 15) is 4.79 Å². The fourth-order valence-corrected chi connectivity index (χ4v) is 2.63. The quantitative estimate of drug-likeness (QED) is 0.767. The highest BCUT2D eigenvalue weighted by atomic mass is 16.3. The lowest BCUT2D eigenvalue weighted by Crippen LogP contribution is -2.43. The number of carbonyl (C=O) groups is 1. The minimum absolute atomic E-state index is 0.0195. The third-order valence-electron chi connectivity index (χ3n) is 3.93. The summed E-state index contributed by atoms with van der Waals surface area (Å²) in [6.07, 6.45) is 1.34. The molecule has 2 aromatic rings. The van der Waals surface area contributed by atoms with E-state index in [0.29, 0.717) is 6.42 Å². The maximum absolute atomic E-state index is 12.1. The summed E-state index contributed by atoms with van der Waals surface area (Å²) in [5.74, 6) is 0.770. The Hall–Kier alpha value is -2.01. The number of para-hydroxylation sites is 1. The van der Waals surface area contributed by atoms with Crippen LogP contribution in [-0.4, -0.2) is 23.8 Å². The van der Waals surface area contributed by atoms with Gasteiger partial charge in [0.05, 0.1) is 6.04 Å². The molecule has 1 heterocycles. The summed E-state index contributed by atoms with van der Waals surface area (Å²) in [6, 6.07) is 7.35. The molecule has 3 N–H and O–H groups in total. The Balaban J connectivity index is 2.05. The van der Waals surface area contributed by atoms with Gasteiger partial charge < -0.3 is 20.2 Å². The zero-order valence-corrected chi connectivity index (χ0v) is 13.3. The second-order valence-electron chi connectivity index (χ2n) is 5.54. The second-order valence-corrected chi connectivity index (χ2v) is 5.54. The normalized spacial score (nSPS) is 13.8. The van der Waals surface area contributed by atoms with Crippen molar-refractivity contribution < 1.29 is 14.3 Å². The molecule has 2 unspecified atom stereocenters. The number of aliphatic hydroxyl groups excluding tert-OH is 1. The number of urea groups is 1. The first-order valence-electron chi connectivity index (χ1n) is 7.72. The number of nitrogens with one attached hydrogen (secondary N) is 2. The number of hydrogen-bond donors (Lipinski definition) is 3. The Morgan fingerprint density at radius 1 is 1.32 bits per heavy atom. The molecule has 0 spiro atoms. The van der Waals surface area contributed by atoms with Gasteiger partial charge in [-0.2, -0.15) is 0 Å². The average Bonchev–Trinajstić information content (AvgIpc) is 2.84. The summed E-state index contributed by atoms with van der Waals surface area (Å²) in [6.45, 7) is 5.94. The number of furan rings is 1. The van der Waals surface area contributed by atoms with Crippen LogP contribution in [0.2, 0.25) is 0 Å². The summed E-state index contributed by atoms with van der Waals surface area (Å²) < 4.78 is 5.86. The monoisotopic (exact) mass is 304 g/mol. The molecule has 0 saturated heterocycles. The molecule has 1 aromatic carbocycles. The molecule has 0 fully saturated rings. The number of fused-ring (bicyclic) bond motifs is 1. The number of carbonyl (C=O) groups excluding carboxylic acids is 1. The summed E-state index contributed by atoms with van der Waals surface area (Å²) >= 11 is 0. The largest absolute Gasteiger partial charge is 0.459 e. The molecule has 2 atom stereocenters. The number of amides is 2. The van der Waals surface area contributed by atoms with Crippen LogP contribution in [0.25, 0.3) is 11.0 Å². The maximum Gasteiger partial charge on any atom is 0.315 e. The highest BCUT2D eigenvalue weighted by Crippen LogP contribution is 2.29. The van der Waals surface area contributed by atoms with Crippen LogP contribution in [0.3, 0.4) is 0 Å². The third-order valence-corrected chi connectivity index (χ3v) is 3.93. The van der Waals surface area contributed by atoms with E-state index in [-0.39, 0.29) is 24.7 Å². The highest BCUT2D eigenvalue weighted by Gasteiger charge is 2.19. The first kappa shape index (κ1) is 16.4. The molecule has 0 bridgehead atoms. The first-order valence-corrected chi connectivity index (χ1v) is 7.72. The molecule has 0 aliphatic carbocycles. The lowest BCUT2D eigenvalue weighted by Gasteiger charge is -2.18. The molecular weight excluding hydrogens is 280 g/mol. The molecule has 5 heteroatoms. The molecule has 0 radical (unpaired) electrons. The maximum atomic E-state index is 12.1. The molecule has 0 saturated carbocycles. The number of hydrogen-bond acceptors (Lipinski definition) is 3. The van der Waals surface area contributed by atoms with Crippen molar-refractivity contribution in [3.63, 3.8) is 0 Å². The van der Waals surface area contributed by atoms with E-state index in [4.69, 9.17) is 9.52 Å². The van der Waals surface area contributed by atoms with Crippen molar-refractivity contribution in [1.82, 2.24) is 10.6 Å². The first-order chi connectivity index (χ1) is 10.6. The van der Waals surface area contributed by atoms with Gasteiger partial charge >= 0.3 is 6.03 Å². The van der Waals surface area contributed by atoms with E-state index < -0.39 is 0 Å². The summed E-state index contributed by atoms with van der Waals surface area (Å²) in [5, 5.41) is 15.8. The summed E-state index contributed by atoms with van der Waals surface area (Å²) in [5.41, 5.74) is 1.88. The van der Waals surface area contributed by atoms with Gasteiger partial charge in [0.1, 0.15) is 11.3 Å². The number of benzene rings is 1. The molecule has 120 valence electrons. The van der Waals surface area contributed by atoms with Crippen LogP contribution in [0, 0.1) is 6.92 Å². The van der Waals surface area contributed by atoms with Crippen LogP contribution >= 0.6 is 0 Å². The third kappa shape index (κ3) is 3.60. The fraction of sp³-hybridized carbons (Fsp3) is 0.471. The van der Waals surface area contributed by atoms with Gasteiger partial charge in [-0.25, -0.2) is 4.79 Å². The molecule has 2 rings (SSSR count). The number of rotatable bonds is 6. The van der Waals surface area contributed by atoms with E-state index in [1.165, 1.54) is 0 Å². The van der Waals surface area contributed by atoms with Gasteiger partial charge in [-0.05, 0) is 32.8 Å². The Morgan fingerprint density at radius 2 is 2.05 bits per heavy atom. The zero-order chi connectivity index (χ0) is 16.1. The Morgan fingerprint density at radius 3 is 2.68 bits per heavy atom. The van der Waals surface area contributed by atoms with Crippen molar-refractivity contribution >= 4 is 17.0 Å². The minimum atomic E-state index is -0.243. The Kier molecular flexibility index (Phi) is 5.44. The van der Waals surface area contributed by atoms with Crippen molar-refractivity contribution in [2.75, 3.05) is 6.61 Å². The Bertz CT molecular complexity index is 636. The molecule has 22 heavy (non-hydrogen) atoms. The van der Waals surface area contributed by atoms with Gasteiger partial charge in [-0.1, -0.05) is 25.1 Å². The van der Waals surface area contributed by atoms with E-state index >= 15 is 0 Å². The lowest BCUT2D eigenvalue weighted by molar-refractivity contribution is 0.224. The summed E-state index contributed by atoms with van der Waals surface area (Å²) in [7, 11) is 0. The van der Waals surface area contributed by atoms with Gasteiger partial charge in [-0.3, -0.25) is 0 Å². The Labute approximate surface area is 130 Å². The van der Waals surface area contributed by atoms with E-state index in [0.717, 1.165) is 28.7 Å². The van der Waals surface area contributed by atoms with Crippen molar-refractivity contribution in [2.24, 2.45) is 0 Å². The second kappa shape index (κ2) is 7.31. The van der Waals surface area contributed by atoms with Gasteiger partial charge in [0.25, 0.3) is 0 Å². The van der Waals surface area contributed by atoms with Gasteiger partial charge in [0, 0.05) is 23.6 Å². The van der Waals surface area contributed by atoms with Crippen LogP contribution in [0.4, 0.5) is 4.79 Å². The predicted molar refractivity (Wildman–Crippen MR) is 86.8 cm³/mol. The average molecular weight is 304 g/mol. The minimum Gasteiger partial charge on any atom is -0.459 e. The summed E-state index contributed by atoms with van der Waals surface area (Å²) in [4.78, 5) is 12.1. The van der Waals surface area contributed by atoms with E-state index in [1.807, 2.05) is 45.0 Å². The molecule has 2 amide bonds. The van der Waals surface area contributed by atoms with Gasteiger partial charge in [0.15, 0.2) is 0 Å². The van der Waals surface area contributed by atoms with E-state index in [1.54, 1.807) is 0 Å². The van der Waals surface area contributed by atoms with Crippen molar-refractivity contribution in [2.45, 2.75) is 45.7 Å². The van der Waals surface area contributed by atoms with Crippen LogP contribution in [0.5, 0.6) is 0 Å². The standard InChI is InChI=1S/C17H24N2O3/c1-4-13(9-10-20)19-17(21)18-12(3)16-11(2)14-7-5-6-8-15(14)22-16/h5-8,12-13,20H,4,9-10H2,1-3H3,(H2,18,19,21). The number of aliphatic hydroxyl groups is 1. The van der Waals surface area contributed by atoms with Crippen molar-refractivity contribution in [1.29, 1.82) is 0 Å². The van der Waals surface area contributed by atoms with Crippen molar-refractivity contribution in [3.8, 4) is 0 Å². The van der Waals surface area contributed by atoms with Gasteiger partial charge in [-0.15, -0.1) is 0 Å². The molecule has 5 nitrogen and oxygen atoms in total. The lowest BCUT2D eigenvalue weighted by atomic mass is 10.1. The molecule has 1 aromatic heterocycles. The van der Waals surface area contributed by atoms with Crippen LogP contribution in [0.15, 0.2) is 28.7 Å².